The van der Waals surface area contributed by atoms with Crippen molar-refractivity contribution in [1.82, 2.24) is 14.7 Å². The Hall–Kier alpha value is -2.12. The quantitative estimate of drug-likeness (QED) is 0.825. The van der Waals surface area contributed by atoms with Crippen molar-refractivity contribution < 1.29 is 14.7 Å². The lowest BCUT2D eigenvalue weighted by Gasteiger charge is -2.46. The Morgan fingerprint density at radius 2 is 1.81 bits per heavy atom. The number of piperazine rings is 1. The minimum absolute atomic E-state index is 0.0987. The van der Waals surface area contributed by atoms with E-state index in [1.807, 2.05) is 35.2 Å². The van der Waals surface area contributed by atoms with E-state index < -0.39 is 5.97 Å². The summed E-state index contributed by atoms with van der Waals surface area (Å²) in [6, 6.07) is 9.71. The molecule has 148 valence electrons. The lowest BCUT2D eigenvalue weighted by Crippen LogP contribution is -2.57. The molecule has 2 aliphatic heterocycles. The Labute approximate surface area is 160 Å². The second-order valence-electron chi connectivity index (χ2n) is 7.63. The molecule has 0 bridgehead atoms. The minimum Gasteiger partial charge on any atom is -0.481 e. The number of urea groups is 1. The number of carboxylic acid groups (broad SMARTS) is 1. The van der Waals surface area contributed by atoms with Crippen molar-refractivity contribution in [2.45, 2.75) is 25.3 Å². The molecule has 2 fully saturated rings. The zero-order valence-electron chi connectivity index (χ0n) is 16.0. The molecular weight excluding hydrogens is 344 g/mol. The zero-order valence-corrected chi connectivity index (χ0v) is 16.0. The fraction of sp³-hybridized carbons (Fsp3) is 0.600. The molecule has 0 radical (unpaired) electrons. The van der Waals surface area contributed by atoms with E-state index in [2.05, 4.69) is 22.2 Å². The molecule has 7 nitrogen and oxygen atoms in total. The number of para-hydroxylation sites is 1. The van der Waals surface area contributed by atoms with Gasteiger partial charge in [-0.15, -0.1) is 0 Å². The maximum Gasteiger partial charge on any atom is 0.321 e. The van der Waals surface area contributed by atoms with Gasteiger partial charge in [-0.3, -0.25) is 9.69 Å². The number of aliphatic carboxylic acids is 1. The number of hydrogen-bond acceptors (Lipinski definition) is 4. The monoisotopic (exact) mass is 374 g/mol. The van der Waals surface area contributed by atoms with Crippen molar-refractivity contribution in [2.75, 3.05) is 51.6 Å². The van der Waals surface area contributed by atoms with E-state index in [0.717, 1.165) is 38.3 Å². The summed E-state index contributed by atoms with van der Waals surface area (Å²) < 4.78 is 0. The third-order valence-electron chi connectivity index (χ3n) is 5.74. The van der Waals surface area contributed by atoms with Crippen molar-refractivity contribution in [2.24, 2.45) is 5.92 Å². The number of anilines is 1. The Morgan fingerprint density at radius 1 is 1.11 bits per heavy atom. The van der Waals surface area contributed by atoms with E-state index in [1.165, 1.54) is 0 Å². The zero-order chi connectivity index (χ0) is 19.2. The van der Waals surface area contributed by atoms with Gasteiger partial charge >= 0.3 is 12.0 Å². The second kappa shape index (κ2) is 9.19. The van der Waals surface area contributed by atoms with Gasteiger partial charge in [0, 0.05) is 57.4 Å². The molecule has 7 heteroatoms. The first-order valence-corrected chi connectivity index (χ1v) is 9.78. The van der Waals surface area contributed by atoms with Crippen LogP contribution >= 0.6 is 0 Å². The molecule has 1 aromatic carbocycles. The lowest BCUT2D eigenvalue weighted by atomic mass is 9.86. The largest absolute Gasteiger partial charge is 0.481 e. The van der Waals surface area contributed by atoms with E-state index in [9.17, 15) is 9.59 Å². The van der Waals surface area contributed by atoms with Gasteiger partial charge in [0.15, 0.2) is 0 Å². The highest BCUT2D eigenvalue weighted by molar-refractivity contribution is 5.89. The molecule has 3 rings (SSSR count). The molecule has 2 amide bonds. The topological polar surface area (TPSA) is 76.1 Å². The standard InChI is InChI=1S/C20H30N4O3/c1-22-11-13-23(14-12-22)18-9-10-24(15-16(18)7-8-19(25)26)20(27)21-17-5-3-2-4-6-17/h2-6,16,18H,7-15H2,1H3,(H,21,27)(H,25,26)/t16-,18+/m0/s1. The first-order chi connectivity index (χ1) is 13.0. The van der Waals surface area contributed by atoms with Gasteiger partial charge in [-0.1, -0.05) is 18.2 Å². The first kappa shape index (κ1) is 19.6. The van der Waals surface area contributed by atoms with Crippen LogP contribution in [-0.4, -0.2) is 84.2 Å². The summed E-state index contributed by atoms with van der Waals surface area (Å²) >= 11 is 0. The number of carbonyl (C=O) groups is 2. The van der Waals surface area contributed by atoms with Crippen molar-refractivity contribution >= 4 is 17.7 Å². The van der Waals surface area contributed by atoms with Crippen LogP contribution in [0.3, 0.4) is 0 Å². The third-order valence-corrected chi connectivity index (χ3v) is 5.74. The predicted octanol–water partition coefficient (Wildman–Crippen LogP) is 2.02. The second-order valence-corrected chi connectivity index (χ2v) is 7.63. The molecule has 2 aliphatic rings. The fourth-order valence-electron chi connectivity index (χ4n) is 4.16. The van der Waals surface area contributed by atoms with Gasteiger partial charge in [-0.2, -0.15) is 0 Å². The number of nitrogens with one attached hydrogen (secondary N) is 1. The average molecular weight is 374 g/mol. The molecule has 27 heavy (non-hydrogen) atoms. The van der Waals surface area contributed by atoms with Crippen LogP contribution in [0, 0.1) is 5.92 Å². The Balaban J connectivity index is 1.63. The van der Waals surface area contributed by atoms with Crippen molar-refractivity contribution in [3.63, 3.8) is 0 Å². The average Bonchev–Trinajstić information content (AvgIpc) is 2.67. The first-order valence-electron chi connectivity index (χ1n) is 9.78. The molecular formula is C20H30N4O3. The van der Waals surface area contributed by atoms with Gasteiger partial charge in [0.25, 0.3) is 0 Å². The van der Waals surface area contributed by atoms with Crippen LogP contribution in [-0.2, 0) is 4.79 Å². The highest BCUT2D eigenvalue weighted by atomic mass is 16.4. The Kier molecular flexibility index (Phi) is 6.68. The molecule has 2 heterocycles. The predicted molar refractivity (Wildman–Crippen MR) is 105 cm³/mol. The molecule has 2 atom stereocenters. The van der Waals surface area contributed by atoms with Crippen LogP contribution in [0.25, 0.3) is 0 Å². The summed E-state index contributed by atoms with van der Waals surface area (Å²) in [6.45, 7) is 5.44. The Bertz CT molecular complexity index is 631. The van der Waals surface area contributed by atoms with Crippen molar-refractivity contribution in [3.8, 4) is 0 Å². The number of amides is 2. The summed E-state index contributed by atoms with van der Waals surface area (Å²) in [5.74, 6) is -0.572. The van der Waals surface area contributed by atoms with Gasteiger partial charge in [0.2, 0.25) is 0 Å². The van der Waals surface area contributed by atoms with E-state index in [0.29, 0.717) is 25.6 Å². The van der Waals surface area contributed by atoms with E-state index >= 15 is 0 Å². The van der Waals surface area contributed by atoms with Crippen LogP contribution in [0.2, 0.25) is 0 Å². The minimum atomic E-state index is -0.766. The third kappa shape index (κ3) is 5.43. The maximum atomic E-state index is 12.7. The van der Waals surface area contributed by atoms with E-state index in [4.69, 9.17) is 5.11 Å². The molecule has 0 aromatic heterocycles. The van der Waals surface area contributed by atoms with Gasteiger partial charge in [0.1, 0.15) is 0 Å². The maximum absolute atomic E-state index is 12.7. The number of carboxylic acids is 1. The summed E-state index contributed by atoms with van der Waals surface area (Å²) in [4.78, 5) is 30.4. The van der Waals surface area contributed by atoms with Crippen LogP contribution in [0.4, 0.5) is 10.5 Å². The molecule has 0 aliphatic carbocycles. The fourth-order valence-corrected chi connectivity index (χ4v) is 4.16. The van der Waals surface area contributed by atoms with Gasteiger partial charge in [0.05, 0.1) is 0 Å². The summed E-state index contributed by atoms with van der Waals surface area (Å²) in [5.41, 5.74) is 0.783. The number of carbonyl (C=O) groups excluding carboxylic acids is 1. The van der Waals surface area contributed by atoms with Crippen LogP contribution in [0.5, 0.6) is 0 Å². The van der Waals surface area contributed by atoms with Crippen LogP contribution in [0.1, 0.15) is 19.3 Å². The smallest absolute Gasteiger partial charge is 0.321 e. The number of benzene rings is 1. The number of likely N-dealkylation sites (N-methyl/N-ethyl adjacent to an activating group) is 1. The molecule has 2 saturated heterocycles. The number of piperidine rings is 1. The van der Waals surface area contributed by atoms with E-state index in [1.54, 1.807) is 0 Å². The lowest BCUT2D eigenvalue weighted by molar-refractivity contribution is -0.137. The van der Waals surface area contributed by atoms with Gasteiger partial charge in [-0.05, 0) is 37.9 Å². The normalized spacial score (nSPS) is 24.6. The highest BCUT2D eigenvalue weighted by Crippen LogP contribution is 2.27. The molecule has 2 N–H and O–H groups in total. The Morgan fingerprint density at radius 3 is 2.48 bits per heavy atom. The summed E-state index contributed by atoms with van der Waals surface area (Å²) in [7, 11) is 2.13. The van der Waals surface area contributed by atoms with Crippen LogP contribution in [0.15, 0.2) is 30.3 Å². The molecule has 0 saturated carbocycles. The SMILES string of the molecule is CN1CCN([C@@H]2CCN(C(=O)Nc3ccccc3)C[C@@H]2CCC(=O)O)CC1. The van der Waals surface area contributed by atoms with Gasteiger partial charge in [-0.25, -0.2) is 4.79 Å². The molecule has 0 spiro atoms. The van der Waals surface area contributed by atoms with Crippen molar-refractivity contribution in [1.29, 1.82) is 0 Å². The molecule has 1 aromatic rings. The summed E-state index contributed by atoms with van der Waals surface area (Å²) in [6.07, 6.45) is 1.67. The van der Waals surface area contributed by atoms with Crippen molar-refractivity contribution in [3.05, 3.63) is 30.3 Å². The molecule has 0 unspecified atom stereocenters. The van der Waals surface area contributed by atoms with Crippen LogP contribution < -0.4 is 5.32 Å². The number of hydrogen-bond donors (Lipinski definition) is 2. The van der Waals surface area contributed by atoms with E-state index in [-0.39, 0.29) is 18.4 Å². The number of nitrogens with zero attached hydrogens (tertiary/aromatic N) is 3. The number of rotatable bonds is 5. The number of likely N-dealkylation sites (tertiary alicyclic amines) is 1. The highest BCUT2D eigenvalue weighted by Gasteiger charge is 2.36. The van der Waals surface area contributed by atoms with Gasteiger partial charge < -0.3 is 20.2 Å². The summed E-state index contributed by atoms with van der Waals surface area (Å²) in [5, 5.41) is 12.1.